The molecule has 1 heteroatoms. The summed E-state index contributed by atoms with van der Waals surface area (Å²) in [5.74, 6) is 0.119. The molecular weight excluding hydrogens is 160 g/mol. The van der Waals surface area contributed by atoms with Crippen molar-refractivity contribution in [3.63, 3.8) is 0 Å². The lowest BCUT2D eigenvalue weighted by atomic mass is 10.1. The first-order valence-corrected chi connectivity index (χ1v) is 4.50. The largest absolute Gasteiger partial charge is 0.295 e. The molecule has 0 N–H and O–H groups in total. The van der Waals surface area contributed by atoms with Gasteiger partial charge in [-0.25, -0.2) is 0 Å². The molecule has 1 rings (SSSR count). The van der Waals surface area contributed by atoms with Crippen molar-refractivity contribution in [1.82, 2.24) is 0 Å². The van der Waals surface area contributed by atoms with Crippen LogP contribution in [0.15, 0.2) is 42.5 Å². The van der Waals surface area contributed by atoms with Gasteiger partial charge < -0.3 is 0 Å². The van der Waals surface area contributed by atoms with Crippen LogP contribution in [0.25, 0.3) is 0 Å². The fourth-order valence-corrected chi connectivity index (χ4v) is 1.14. The van der Waals surface area contributed by atoms with Crippen LogP contribution in [0.2, 0.25) is 0 Å². The van der Waals surface area contributed by atoms with Gasteiger partial charge >= 0.3 is 0 Å². The van der Waals surface area contributed by atoms with Gasteiger partial charge in [0.15, 0.2) is 5.78 Å². The summed E-state index contributed by atoms with van der Waals surface area (Å²) in [7, 11) is 0. The molecular formula is C12H14O. The zero-order valence-electron chi connectivity index (χ0n) is 7.86. The van der Waals surface area contributed by atoms with Gasteiger partial charge in [0.2, 0.25) is 0 Å². The van der Waals surface area contributed by atoms with Gasteiger partial charge in [-0.05, 0) is 31.4 Å². The molecule has 1 aromatic rings. The van der Waals surface area contributed by atoms with Crippen LogP contribution in [0.1, 0.15) is 18.9 Å². The van der Waals surface area contributed by atoms with Gasteiger partial charge in [-0.1, -0.05) is 36.4 Å². The van der Waals surface area contributed by atoms with E-state index in [0.29, 0.717) is 0 Å². The Morgan fingerprint density at radius 2 is 2.00 bits per heavy atom. The second kappa shape index (κ2) is 5.31. The topological polar surface area (TPSA) is 17.1 Å². The van der Waals surface area contributed by atoms with Crippen LogP contribution in [-0.2, 0) is 11.2 Å². The summed E-state index contributed by atoms with van der Waals surface area (Å²) in [4.78, 5) is 10.6. The summed E-state index contributed by atoms with van der Waals surface area (Å²) < 4.78 is 0. The van der Waals surface area contributed by atoms with Crippen molar-refractivity contribution >= 4 is 5.78 Å². The summed E-state index contributed by atoms with van der Waals surface area (Å²) in [5, 5.41) is 0. The molecule has 0 heterocycles. The van der Waals surface area contributed by atoms with Crippen LogP contribution >= 0.6 is 0 Å². The molecule has 0 atom stereocenters. The zero-order chi connectivity index (χ0) is 9.52. The van der Waals surface area contributed by atoms with E-state index in [1.54, 1.807) is 13.0 Å². The quantitative estimate of drug-likeness (QED) is 0.641. The first kappa shape index (κ1) is 9.72. The molecule has 68 valence electrons. The monoisotopic (exact) mass is 174 g/mol. The highest BCUT2D eigenvalue weighted by Gasteiger charge is 1.88. The highest BCUT2D eigenvalue weighted by Crippen LogP contribution is 2.02. The van der Waals surface area contributed by atoms with Crippen molar-refractivity contribution in [3.8, 4) is 0 Å². The highest BCUT2D eigenvalue weighted by molar-refractivity contribution is 5.87. The van der Waals surface area contributed by atoms with E-state index in [4.69, 9.17) is 0 Å². The number of aryl methyl sites for hydroxylation is 1. The minimum Gasteiger partial charge on any atom is -0.295 e. The summed E-state index contributed by atoms with van der Waals surface area (Å²) in [6, 6.07) is 10.3. The van der Waals surface area contributed by atoms with Gasteiger partial charge in [0.25, 0.3) is 0 Å². The van der Waals surface area contributed by atoms with Crippen molar-refractivity contribution in [2.24, 2.45) is 0 Å². The first-order valence-electron chi connectivity index (χ1n) is 4.50. The number of carbonyl (C=O) groups excluding carboxylic acids is 1. The molecule has 0 fully saturated rings. The summed E-state index contributed by atoms with van der Waals surface area (Å²) >= 11 is 0. The van der Waals surface area contributed by atoms with Crippen molar-refractivity contribution < 1.29 is 4.79 Å². The second-order valence-corrected chi connectivity index (χ2v) is 3.04. The van der Waals surface area contributed by atoms with E-state index in [0.717, 1.165) is 12.8 Å². The third-order valence-electron chi connectivity index (χ3n) is 1.80. The van der Waals surface area contributed by atoms with Crippen LogP contribution < -0.4 is 0 Å². The van der Waals surface area contributed by atoms with E-state index in [1.807, 2.05) is 24.3 Å². The smallest absolute Gasteiger partial charge is 0.152 e. The molecule has 0 aliphatic heterocycles. The number of hydrogen-bond donors (Lipinski definition) is 0. The Bertz CT molecular complexity index is 285. The standard InChI is InChI=1S/C12H14O/c1-11(13)7-5-6-10-12-8-3-2-4-9-12/h2-5,7-9H,6,10H2,1H3/b7-5+. The Balaban J connectivity index is 2.32. The molecule has 0 saturated heterocycles. The maximum Gasteiger partial charge on any atom is 0.152 e. The summed E-state index contributed by atoms with van der Waals surface area (Å²) in [6.07, 6.45) is 5.49. The molecule has 0 unspecified atom stereocenters. The Kier molecular flexibility index (Phi) is 3.97. The number of allylic oxidation sites excluding steroid dienone is 2. The molecule has 0 radical (unpaired) electrons. The fourth-order valence-electron chi connectivity index (χ4n) is 1.14. The lowest BCUT2D eigenvalue weighted by Crippen LogP contribution is -1.83. The lowest BCUT2D eigenvalue weighted by Gasteiger charge is -1.95. The van der Waals surface area contributed by atoms with Crippen LogP contribution in [0.4, 0.5) is 0 Å². The maximum atomic E-state index is 10.6. The number of ketones is 1. The van der Waals surface area contributed by atoms with Crippen LogP contribution in [-0.4, -0.2) is 5.78 Å². The minimum atomic E-state index is 0.119. The normalized spacial score (nSPS) is 10.5. The number of carbonyl (C=O) groups is 1. The Morgan fingerprint density at radius 1 is 1.31 bits per heavy atom. The van der Waals surface area contributed by atoms with Crippen molar-refractivity contribution in [2.45, 2.75) is 19.8 Å². The number of benzene rings is 1. The van der Waals surface area contributed by atoms with E-state index in [1.165, 1.54) is 5.56 Å². The van der Waals surface area contributed by atoms with Gasteiger partial charge in [0.05, 0.1) is 0 Å². The van der Waals surface area contributed by atoms with Gasteiger partial charge in [0, 0.05) is 0 Å². The van der Waals surface area contributed by atoms with Gasteiger partial charge in [-0.15, -0.1) is 0 Å². The SMILES string of the molecule is CC(=O)/C=C/CCc1ccccc1. The third-order valence-corrected chi connectivity index (χ3v) is 1.80. The van der Waals surface area contributed by atoms with Gasteiger partial charge in [0.1, 0.15) is 0 Å². The predicted molar refractivity (Wildman–Crippen MR) is 54.6 cm³/mol. The van der Waals surface area contributed by atoms with E-state index >= 15 is 0 Å². The Morgan fingerprint density at radius 3 is 2.62 bits per heavy atom. The van der Waals surface area contributed by atoms with Crippen molar-refractivity contribution in [3.05, 3.63) is 48.0 Å². The molecule has 0 saturated carbocycles. The van der Waals surface area contributed by atoms with Crippen LogP contribution in [0.3, 0.4) is 0 Å². The third kappa shape index (κ3) is 4.26. The van der Waals surface area contributed by atoms with Crippen LogP contribution in [0, 0.1) is 0 Å². The molecule has 0 aliphatic rings. The zero-order valence-corrected chi connectivity index (χ0v) is 7.86. The average molecular weight is 174 g/mol. The van der Waals surface area contributed by atoms with Crippen molar-refractivity contribution in [1.29, 1.82) is 0 Å². The summed E-state index contributed by atoms with van der Waals surface area (Å²) in [5.41, 5.74) is 1.32. The molecule has 13 heavy (non-hydrogen) atoms. The molecule has 0 bridgehead atoms. The van der Waals surface area contributed by atoms with E-state index in [2.05, 4.69) is 12.1 Å². The Labute approximate surface area is 79.1 Å². The second-order valence-electron chi connectivity index (χ2n) is 3.04. The number of hydrogen-bond acceptors (Lipinski definition) is 1. The number of rotatable bonds is 4. The van der Waals surface area contributed by atoms with E-state index in [9.17, 15) is 4.79 Å². The predicted octanol–water partition coefficient (Wildman–Crippen LogP) is 2.76. The minimum absolute atomic E-state index is 0.119. The van der Waals surface area contributed by atoms with E-state index < -0.39 is 0 Å². The average Bonchev–Trinajstić information content (AvgIpc) is 2.14. The molecule has 0 amide bonds. The molecule has 1 aromatic carbocycles. The van der Waals surface area contributed by atoms with E-state index in [-0.39, 0.29) is 5.78 Å². The van der Waals surface area contributed by atoms with Crippen LogP contribution in [0.5, 0.6) is 0 Å². The first-order chi connectivity index (χ1) is 6.29. The van der Waals surface area contributed by atoms with Crippen molar-refractivity contribution in [2.75, 3.05) is 0 Å². The maximum absolute atomic E-state index is 10.6. The molecule has 0 spiro atoms. The summed E-state index contributed by atoms with van der Waals surface area (Å²) in [6.45, 7) is 1.57. The molecule has 0 aliphatic carbocycles. The molecule has 1 nitrogen and oxygen atoms in total. The van der Waals surface area contributed by atoms with Gasteiger partial charge in [-0.3, -0.25) is 4.79 Å². The van der Waals surface area contributed by atoms with Gasteiger partial charge in [-0.2, -0.15) is 0 Å². The molecule has 0 aromatic heterocycles. The Hall–Kier alpha value is -1.37. The fraction of sp³-hybridized carbons (Fsp3) is 0.250. The highest BCUT2D eigenvalue weighted by atomic mass is 16.1. The lowest BCUT2D eigenvalue weighted by molar-refractivity contribution is -0.112.